The average molecular weight is 210 g/mol. The highest BCUT2D eigenvalue weighted by Gasteiger charge is 2.25. The SMILES string of the molecule is NNC(CCC1CCCCC1)CC1CC1. The van der Waals surface area contributed by atoms with Crippen molar-refractivity contribution in [2.24, 2.45) is 17.7 Å². The van der Waals surface area contributed by atoms with Crippen LogP contribution in [-0.4, -0.2) is 6.04 Å². The molecule has 0 aromatic rings. The summed E-state index contributed by atoms with van der Waals surface area (Å²) in [7, 11) is 0. The monoisotopic (exact) mass is 210 g/mol. The first-order valence-corrected chi connectivity index (χ1v) is 6.84. The molecule has 0 aromatic carbocycles. The molecule has 15 heavy (non-hydrogen) atoms. The standard InChI is InChI=1S/C13H26N2/c14-15-13(10-12-6-7-12)9-8-11-4-2-1-3-5-11/h11-13,15H,1-10,14H2. The van der Waals surface area contributed by atoms with Gasteiger partial charge in [0.05, 0.1) is 0 Å². The normalized spacial score (nSPS) is 25.4. The van der Waals surface area contributed by atoms with Gasteiger partial charge in [0.1, 0.15) is 0 Å². The van der Waals surface area contributed by atoms with Gasteiger partial charge >= 0.3 is 0 Å². The second-order valence-corrected chi connectivity index (χ2v) is 5.62. The summed E-state index contributed by atoms with van der Waals surface area (Å²) >= 11 is 0. The second-order valence-electron chi connectivity index (χ2n) is 5.62. The highest BCUT2D eigenvalue weighted by molar-refractivity contribution is 4.80. The minimum atomic E-state index is 0.597. The van der Waals surface area contributed by atoms with Crippen LogP contribution in [0.1, 0.15) is 64.2 Å². The molecule has 2 saturated carbocycles. The predicted molar refractivity (Wildman–Crippen MR) is 64.3 cm³/mol. The fraction of sp³-hybridized carbons (Fsp3) is 1.00. The topological polar surface area (TPSA) is 38.0 Å². The van der Waals surface area contributed by atoms with Crippen molar-refractivity contribution >= 4 is 0 Å². The van der Waals surface area contributed by atoms with Crippen LogP contribution in [0, 0.1) is 11.8 Å². The summed E-state index contributed by atoms with van der Waals surface area (Å²) in [6.45, 7) is 0. The van der Waals surface area contributed by atoms with Crippen LogP contribution in [0.2, 0.25) is 0 Å². The van der Waals surface area contributed by atoms with Crippen LogP contribution in [0.3, 0.4) is 0 Å². The number of rotatable bonds is 6. The van der Waals surface area contributed by atoms with Gasteiger partial charge in [-0.1, -0.05) is 44.9 Å². The summed E-state index contributed by atoms with van der Waals surface area (Å²) in [5, 5.41) is 0. The van der Waals surface area contributed by atoms with Gasteiger partial charge < -0.3 is 0 Å². The smallest absolute Gasteiger partial charge is 0.0213 e. The highest BCUT2D eigenvalue weighted by Crippen LogP contribution is 2.35. The van der Waals surface area contributed by atoms with E-state index in [-0.39, 0.29) is 0 Å². The quantitative estimate of drug-likeness (QED) is 0.522. The lowest BCUT2D eigenvalue weighted by Gasteiger charge is -2.24. The van der Waals surface area contributed by atoms with E-state index in [1.165, 1.54) is 64.2 Å². The second kappa shape index (κ2) is 5.86. The molecule has 2 rings (SSSR count). The number of nitrogens with two attached hydrogens (primary N) is 1. The van der Waals surface area contributed by atoms with Crippen molar-refractivity contribution in [2.45, 2.75) is 70.3 Å². The molecule has 2 heteroatoms. The molecule has 0 aromatic heterocycles. The van der Waals surface area contributed by atoms with Crippen LogP contribution in [0.15, 0.2) is 0 Å². The van der Waals surface area contributed by atoms with E-state index in [1.807, 2.05) is 0 Å². The van der Waals surface area contributed by atoms with Crippen LogP contribution in [0.4, 0.5) is 0 Å². The van der Waals surface area contributed by atoms with Gasteiger partial charge in [0.25, 0.3) is 0 Å². The summed E-state index contributed by atoms with van der Waals surface area (Å²) < 4.78 is 0. The number of nitrogens with one attached hydrogen (secondary N) is 1. The molecule has 1 atom stereocenters. The van der Waals surface area contributed by atoms with Gasteiger partial charge in [0.15, 0.2) is 0 Å². The molecule has 88 valence electrons. The molecule has 0 heterocycles. The molecule has 0 saturated heterocycles. The first-order chi connectivity index (χ1) is 7.38. The number of hydrogen-bond acceptors (Lipinski definition) is 2. The lowest BCUT2D eigenvalue weighted by atomic mass is 9.85. The Morgan fingerprint density at radius 3 is 2.33 bits per heavy atom. The van der Waals surface area contributed by atoms with E-state index in [2.05, 4.69) is 5.43 Å². The van der Waals surface area contributed by atoms with Crippen molar-refractivity contribution in [1.29, 1.82) is 0 Å². The van der Waals surface area contributed by atoms with Crippen LogP contribution in [0.25, 0.3) is 0 Å². The summed E-state index contributed by atoms with van der Waals surface area (Å²) in [4.78, 5) is 0. The average Bonchev–Trinajstić information content (AvgIpc) is 3.09. The molecule has 0 radical (unpaired) electrons. The highest BCUT2D eigenvalue weighted by atomic mass is 15.2. The molecule has 0 aliphatic heterocycles. The summed E-state index contributed by atoms with van der Waals surface area (Å²) in [6, 6.07) is 0.597. The van der Waals surface area contributed by atoms with Crippen molar-refractivity contribution in [3.63, 3.8) is 0 Å². The van der Waals surface area contributed by atoms with E-state index < -0.39 is 0 Å². The van der Waals surface area contributed by atoms with Crippen molar-refractivity contribution in [2.75, 3.05) is 0 Å². The van der Waals surface area contributed by atoms with Crippen molar-refractivity contribution in [3.8, 4) is 0 Å². The molecule has 2 nitrogen and oxygen atoms in total. The van der Waals surface area contributed by atoms with Gasteiger partial charge in [0.2, 0.25) is 0 Å². The lowest BCUT2D eigenvalue weighted by molar-refractivity contribution is 0.306. The van der Waals surface area contributed by atoms with Crippen LogP contribution in [0.5, 0.6) is 0 Å². The van der Waals surface area contributed by atoms with Crippen LogP contribution >= 0.6 is 0 Å². The van der Waals surface area contributed by atoms with Crippen LogP contribution in [-0.2, 0) is 0 Å². The first-order valence-electron chi connectivity index (χ1n) is 6.84. The fourth-order valence-corrected chi connectivity index (χ4v) is 2.94. The number of hydrazine groups is 1. The predicted octanol–water partition coefficient (Wildman–Crippen LogP) is 2.98. The maximum Gasteiger partial charge on any atom is 0.0213 e. The molecule has 2 fully saturated rings. The zero-order valence-corrected chi connectivity index (χ0v) is 9.88. The molecule has 2 aliphatic rings. The van der Waals surface area contributed by atoms with Gasteiger partial charge in [0, 0.05) is 6.04 Å². The Bertz CT molecular complexity index is 171. The molecule has 3 N–H and O–H groups in total. The fourth-order valence-electron chi connectivity index (χ4n) is 2.94. The molecule has 0 bridgehead atoms. The lowest BCUT2D eigenvalue weighted by Crippen LogP contribution is -2.35. The van der Waals surface area contributed by atoms with E-state index in [0.717, 1.165) is 11.8 Å². The Morgan fingerprint density at radius 1 is 1.00 bits per heavy atom. The third-order valence-corrected chi connectivity index (χ3v) is 4.20. The Labute approximate surface area is 94.0 Å². The van der Waals surface area contributed by atoms with Gasteiger partial charge in [-0.3, -0.25) is 11.3 Å². The molecule has 0 amide bonds. The molecular formula is C13H26N2. The van der Waals surface area contributed by atoms with Crippen molar-refractivity contribution in [3.05, 3.63) is 0 Å². The number of hydrogen-bond donors (Lipinski definition) is 2. The molecular weight excluding hydrogens is 184 g/mol. The Hall–Kier alpha value is -0.0800. The minimum absolute atomic E-state index is 0.597. The minimum Gasteiger partial charge on any atom is -0.271 e. The van der Waals surface area contributed by atoms with E-state index >= 15 is 0 Å². The van der Waals surface area contributed by atoms with Crippen LogP contribution < -0.4 is 11.3 Å². The van der Waals surface area contributed by atoms with Gasteiger partial charge in [-0.05, 0) is 31.1 Å². The first kappa shape index (κ1) is 11.4. The third kappa shape index (κ3) is 4.12. The molecule has 0 spiro atoms. The molecule has 1 unspecified atom stereocenters. The largest absolute Gasteiger partial charge is 0.271 e. The Balaban J connectivity index is 1.60. The third-order valence-electron chi connectivity index (χ3n) is 4.20. The van der Waals surface area contributed by atoms with Gasteiger partial charge in [-0.2, -0.15) is 0 Å². The summed E-state index contributed by atoms with van der Waals surface area (Å²) in [5.41, 5.74) is 3.01. The Morgan fingerprint density at radius 2 is 1.73 bits per heavy atom. The van der Waals surface area contributed by atoms with E-state index in [9.17, 15) is 0 Å². The van der Waals surface area contributed by atoms with Gasteiger partial charge in [-0.15, -0.1) is 0 Å². The van der Waals surface area contributed by atoms with E-state index in [1.54, 1.807) is 0 Å². The maximum atomic E-state index is 5.61. The van der Waals surface area contributed by atoms with Crippen molar-refractivity contribution < 1.29 is 0 Å². The maximum absolute atomic E-state index is 5.61. The van der Waals surface area contributed by atoms with Crippen molar-refractivity contribution in [1.82, 2.24) is 5.43 Å². The van der Waals surface area contributed by atoms with E-state index in [4.69, 9.17) is 5.84 Å². The summed E-state index contributed by atoms with van der Waals surface area (Å²) in [6.07, 6.45) is 14.3. The zero-order valence-electron chi connectivity index (χ0n) is 9.88. The molecule has 2 aliphatic carbocycles. The van der Waals surface area contributed by atoms with E-state index in [0.29, 0.717) is 6.04 Å². The summed E-state index contributed by atoms with van der Waals surface area (Å²) in [5.74, 6) is 7.62. The van der Waals surface area contributed by atoms with Gasteiger partial charge in [-0.25, -0.2) is 0 Å². The zero-order chi connectivity index (χ0) is 10.5. The Kier molecular flexibility index (Phi) is 4.45.